The molecule has 1 atom stereocenters. The second kappa shape index (κ2) is 7.65. The van der Waals surface area contributed by atoms with Crippen molar-refractivity contribution in [3.63, 3.8) is 0 Å². The number of anilines is 3. The fourth-order valence-corrected chi connectivity index (χ4v) is 3.75. The molecule has 152 valence electrons. The summed E-state index contributed by atoms with van der Waals surface area (Å²) in [6.45, 7) is 3.71. The number of aromatic amines is 1. The number of amides is 2. The van der Waals surface area contributed by atoms with E-state index in [-0.39, 0.29) is 23.5 Å². The van der Waals surface area contributed by atoms with Crippen molar-refractivity contribution in [2.24, 2.45) is 5.92 Å². The van der Waals surface area contributed by atoms with E-state index in [4.69, 9.17) is 0 Å². The molecule has 0 radical (unpaired) electrons. The third kappa shape index (κ3) is 3.98. The Kier molecular flexibility index (Phi) is 5.04. The second-order valence-electron chi connectivity index (χ2n) is 7.63. The Morgan fingerprint density at radius 2 is 2.03 bits per heavy atom. The van der Waals surface area contributed by atoms with Gasteiger partial charge in [0.2, 0.25) is 17.8 Å². The largest absolute Gasteiger partial charge is 0.342 e. The van der Waals surface area contributed by atoms with Crippen molar-refractivity contribution in [2.45, 2.75) is 32.1 Å². The van der Waals surface area contributed by atoms with Crippen LogP contribution in [0.5, 0.6) is 0 Å². The number of aromatic nitrogens is 2. The summed E-state index contributed by atoms with van der Waals surface area (Å²) in [4.78, 5) is 46.9. The monoisotopic (exact) mass is 399 g/mol. The number of carbonyl (C=O) groups excluding carboxylic acids is 2. The number of nitrogens with zero attached hydrogens (tertiary/aromatic N) is 2. The molecule has 1 aromatic heterocycles. The predicted molar refractivity (Wildman–Crippen MR) is 106 cm³/mol. The van der Waals surface area contributed by atoms with Crippen LogP contribution in [0.25, 0.3) is 0 Å². The first-order valence-electron chi connectivity index (χ1n) is 9.66. The zero-order valence-electron chi connectivity index (χ0n) is 16.0. The minimum atomic E-state index is -1.01. The van der Waals surface area contributed by atoms with Crippen LogP contribution in [-0.2, 0) is 9.59 Å². The summed E-state index contributed by atoms with van der Waals surface area (Å²) < 4.78 is 13.4. The molecule has 0 bridgehead atoms. The van der Waals surface area contributed by atoms with E-state index < -0.39 is 29.1 Å². The Bertz CT molecular complexity index is 1010. The van der Waals surface area contributed by atoms with Gasteiger partial charge in [-0.2, -0.15) is 4.98 Å². The highest BCUT2D eigenvalue weighted by Crippen LogP contribution is 2.31. The highest BCUT2D eigenvalue weighted by Gasteiger charge is 2.35. The summed E-state index contributed by atoms with van der Waals surface area (Å²) in [5.41, 5.74) is -0.0818. The Hall–Kier alpha value is -3.23. The number of halogens is 1. The number of carbonyl (C=O) groups is 2. The van der Waals surface area contributed by atoms with Crippen molar-refractivity contribution >= 4 is 29.3 Å². The number of nitrogens with one attached hydrogen (secondary N) is 3. The van der Waals surface area contributed by atoms with Crippen LogP contribution < -0.4 is 21.1 Å². The van der Waals surface area contributed by atoms with Crippen molar-refractivity contribution < 1.29 is 14.0 Å². The maximum absolute atomic E-state index is 13.4. The van der Waals surface area contributed by atoms with Gasteiger partial charge in [-0.1, -0.05) is 13.0 Å². The molecule has 9 heteroatoms. The normalized spacial score (nSPS) is 19.4. The van der Waals surface area contributed by atoms with Crippen molar-refractivity contribution in [1.29, 1.82) is 0 Å². The summed E-state index contributed by atoms with van der Waals surface area (Å²) in [5.74, 6) is -1.33. The van der Waals surface area contributed by atoms with Crippen LogP contribution in [0.15, 0.2) is 29.1 Å². The number of piperidine rings is 1. The van der Waals surface area contributed by atoms with Gasteiger partial charge in [-0.05, 0) is 37.0 Å². The Morgan fingerprint density at radius 3 is 2.76 bits per heavy atom. The van der Waals surface area contributed by atoms with Crippen LogP contribution in [0.3, 0.4) is 0 Å². The van der Waals surface area contributed by atoms with Crippen LogP contribution in [0, 0.1) is 11.7 Å². The molecule has 2 aliphatic rings. The topological polar surface area (TPSA) is 107 Å². The van der Waals surface area contributed by atoms with Crippen molar-refractivity contribution in [1.82, 2.24) is 9.97 Å². The number of hydrogen-bond acceptors (Lipinski definition) is 5. The van der Waals surface area contributed by atoms with E-state index in [1.807, 2.05) is 4.90 Å². The summed E-state index contributed by atoms with van der Waals surface area (Å²) in [7, 11) is 0. The van der Waals surface area contributed by atoms with Gasteiger partial charge in [0.1, 0.15) is 11.6 Å². The lowest BCUT2D eigenvalue weighted by atomic mass is 9.92. The minimum absolute atomic E-state index is 0.109. The van der Waals surface area contributed by atoms with Gasteiger partial charge in [0.05, 0.1) is 11.5 Å². The van der Waals surface area contributed by atoms with Crippen LogP contribution in [0.2, 0.25) is 0 Å². The standard InChI is InChI=1S/C20H22FN5O3/c1-11-5-7-26(8-6-11)20-24-17-16(19(29)25-20)14(10-15(27)23-17)18(28)22-13-4-2-3-12(21)9-13/h2-4,9,11,14H,5-8,10H2,1H3,(H,22,28)(H2,23,24,25,27,29). The number of rotatable bonds is 3. The molecule has 3 heterocycles. The average Bonchev–Trinajstić information content (AvgIpc) is 2.67. The maximum Gasteiger partial charge on any atom is 0.258 e. The minimum Gasteiger partial charge on any atom is -0.342 e. The second-order valence-corrected chi connectivity index (χ2v) is 7.63. The van der Waals surface area contributed by atoms with E-state index in [0.717, 1.165) is 25.9 Å². The molecule has 29 heavy (non-hydrogen) atoms. The quantitative estimate of drug-likeness (QED) is 0.734. The molecule has 2 aromatic rings. The van der Waals surface area contributed by atoms with Gasteiger partial charge < -0.3 is 15.5 Å². The Morgan fingerprint density at radius 1 is 1.28 bits per heavy atom. The first kappa shape index (κ1) is 19.1. The zero-order chi connectivity index (χ0) is 20.5. The van der Waals surface area contributed by atoms with E-state index in [2.05, 4.69) is 27.5 Å². The van der Waals surface area contributed by atoms with Gasteiger partial charge in [-0.25, -0.2) is 4.39 Å². The molecule has 1 saturated heterocycles. The zero-order valence-corrected chi connectivity index (χ0v) is 16.0. The van der Waals surface area contributed by atoms with Gasteiger partial charge in [0.15, 0.2) is 0 Å². The van der Waals surface area contributed by atoms with Crippen molar-refractivity contribution in [2.75, 3.05) is 28.6 Å². The molecule has 3 N–H and O–H groups in total. The first-order chi connectivity index (χ1) is 13.9. The molecule has 0 aliphatic carbocycles. The summed E-state index contributed by atoms with van der Waals surface area (Å²) in [6, 6.07) is 5.43. The third-order valence-electron chi connectivity index (χ3n) is 5.43. The van der Waals surface area contributed by atoms with E-state index in [1.54, 1.807) is 0 Å². The molecule has 1 aromatic carbocycles. The Balaban J connectivity index is 1.63. The van der Waals surface area contributed by atoms with E-state index in [9.17, 15) is 18.8 Å². The maximum atomic E-state index is 13.4. The summed E-state index contributed by atoms with van der Waals surface area (Å²) in [6.07, 6.45) is 1.80. The SMILES string of the molecule is CC1CCN(c2nc3c(c(=O)[nH]2)C(C(=O)Nc2cccc(F)c2)CC(=O)N3)CC1. The predicted octanol–water partition coefficient (Wildman–Crippen LogP) is 2.21. The number of fused-ring (bicyclic) bond motifs is 1. The molecule has 0 spiro atoms. The van der Waals surface area contributed by atoms with Crippen molar-refractivity contribution in [3.05, 3.63) is 46.0 Å². The van der Waals surface area contributed by atoms with Crippen LogP contribution in [0.1, 0.15) is 37.7 Å². The smallest absolute Gasteiger partial charge is 0.258 e. The fraction of sp³-hybridized carbons (Fsp3) is 0.400. The molecular weight excluding hydrogens is 377 g/mol. The summed E-state index contributed by atoms with van der Waals surface area (Å²) >= 11 is 0. The average molecular weight is 399 g/mol. The lowest BCUT2D eigenvalue weighted by molar-refractivity contribution is -0.123. The lowest BCUT2D eigenvalue weighted by Gasteiger charge is -2.31. The molecule has 2 aliphatic heterocycles. The molecule has 0 saturated carbocycles. The molecule has 8 nitrogen and oxygen atoms in total. The number of benzene rings is 1. The molecule has 1 unspecified atom stereocenters. The van der Waals surface area contributed by atoms with Crippen LogP contribution in [0.4, 0.5) is 21.8 Å². The highest BCUT2D eigenvalue weighted by atomic mass is 19.1. The molecule has 4 rings (SSSR count). The third-order valence-corrected chi connectivity index (χ3v) is 5.43. The van der Waals surface area contributed by atoms with Crippen LogP contribution >= 0.6 is 0 Å². The van der Waals surface area contributed by atoms with Crippen LogP contribution in [-0.4, -0.2) is 34.9 Å². The first-order valence-corrected chi connectivity index (χ1v) is 9.66. The Labute approximate surface area is 166 Å². The number of hydrogen-bond donors (Lipinski definition) is 3. The molecule has 2 amide bonds. The van der Waals surface area contributed by atoms with E-state index in [1.165, 1.54) is 24.3 Å². The van der Waals surface area contributed by atoms with Gasteiger partial charge in [0.25, 0.3) is 5.56 Å². The van der Waals surface area contributed by atoms with E-state index in [0.29, 0.717) is 11.9 Å². The van der Waals surface area contributed by atoms with Crippen molar-refractivity contribution in [3.8, 4) is 0 Å². The fourth-order valence-electron chi connectivity index (χ4n) is 3.75. The molecular formula is C20H22FN5O3. The highest BCUT2D eigenvalue weighted by molar-refractivity contribution is 6.04. The van der Waals surface area contributed by atoms with Gasteiger partial charge >= 0.3 is 0 Å². The van der Waals surface area contributed by atoms with Gasteiger partial charge in [0, 0.05) is 25.2 Å². The molecule has 1 fully saturated rings. The number of H-pyrrole nitrogens is 1. The lowest BCUT2D eigenvalue weighted by Crippen LogP contribution is -2.39. The summed E-state index contributed by atoms with van der Waals surface area (Å²) in [5, 5.41) is 5.18. The van der Waals surface area contributed by atoms with Gasteiger partial charge in [-0.3, -0.25) is 19.4 Å². The van der Waals surface area contributed by atoms with Gasteiger partial charge in [-0.15, -0.1) is 0 Å². The van der Waals surface area contributed by atoms with E-state index >= 15 is 0 Å².